The summed E-state index contributed by atoms with van der Waals surface area (Å²) in [6.45, 7) is 10.3. The molecule has 4 heterocycles. The van der Waals surface area contributed by atoms with Crippen LogP contribution < -0.4 is 14.4 Å². The molecule has 2 aliphatic heterocycles. The first kappa shape index (κ1) is 40.1. The number of anilines is 1. The highest BCUT2D eigenvalue weighted by Gasteiger charge is 2.56. The molecule has 9 nitrogen and oxygen atoms in total. The maximum atomic E-state index is 14.9. The maximum absolute atomic E-state index is 14.9. The molecule has 3 aromatic rings. The molecule has 290 valence electrons. The van der Waals surface area contributed by atoms with E-state index in [1.165, 1.54) is 10.3 Å². The molecule has 2 saturated heterocycles. The number of alkyl halides is 6. The van der Waals surface area contributed by atoms with Gasteiger partial charge < -0.3 is 29.1 Å². The predicted molar refractivity (Wildman–Crippen MR) is 189 cm³/mol. The maximum Gasteiger partial charge on any atom is 0.425 e. The number of ether oxygens (including phenoxy) is 2. The van der Waals surface area contributed by atoms with Crippen molar-refractivity contribution in [3.8, 4) is 11.5 Å². The van der Waals surface area contributed by atoms with Crippen molar-refractivity contribution in [1.82, 2.24) is 19.7 Å². The zero-order valence-corrected chi connectivity index (χ0v) is 30.8. The van der Waals surface area contributed by atoms with Crippen LogP contribution in [0, 0.1) is 0 Å². The Balaban J connectivity index is 1.45. The van der Waals surface area contributed by atoms with Gasteiger partial charge in [-0.05, 0) is 44.1 Å². The third-order valence-electron chi connectivity index (χ3n) is 9.89. The van der Waals surface area contributed by atoms with E-state index >= 15 is 0 Å². The van der Waals surface area contributed by atoms with Gasteiger partial charge in [0, 0.05) is 69.5 Å². The first-order valence-corrected chi connectivity index (χ1v) is 18.8. The minimum absolute atomic E-state index is 0.0182. The Bertz CT molecular complexity index is 1690. The molecular formula is C37H45F6N5O4S. The molecule has 0 spiro atoms. The number of piperazine rings is 1. The zero-order valence-electron chi connectivity index (χ0n) is 30.0. The van der Waals surface area contributed by atoms with Crippen LogP contribution in [0.2, 0.25) is 0 Å². The minimum atomic E-state index is -4.85. The van der Waals surface area contributed by atoms with E-state index in [2.05, 4.69) is 28.6 Å². The van der Waals surface area contributed by atoms with E-state index in [1.807, 2.05) is 24.3 Å². The van der Waals surface area contributed by atoms with Gasteiger partial charge in [-0.25, -0.2) is 0 Å². The number of likely N-dealkylation sites (N-methyl/N-ethyl adjacent to an activating group) is 1. The van der Waals surface area contributed by atoms with E-state index in [4.69, 9.17) is 9.47 Å². The van der Waals surface area contributed by atoms with Crippen molar-refractivity contribution >= 4 is 28.8 Å². The number of amides is 2. The van der Waals surface area contributed by atoms with Crippen LogP contribution in [0.1, 0.15) is 67.3 Å². The van der Waals surface area contributed by atoms with E-state index in [1.54, 1.807) is 11.8 Å². The van der Waals surface area contributed by atoms with E-state index in [0.717, 1.165) is 49.8 Å². The summed E-state index contributed by atoms with van der Waals surface area (Å²) in [7, 11) is 0. The van der Waals surface area contributed by atoms with Gasteiger partial charge in [0.2, 0.25) is 5.60 Å². The second-order valence-electron chi connectivity index (χ2n) is 13.1. The number of nitrogens with zero attached hydrogens (tertiary/aromatic N) is 5. The molecule has 1 aromatic carbocycles. The molecule has 5 rings (SSSR count). The number of halogens is 6. The molecule has 0 bridgehead atoms. The number of carbonyl (C=O) groups is 2. The smallest absolute Gasteiger partial charge is 0.425 e. The Labute approximate surface area is 309 Å². The zero-order chi connectivity index (χ0) is 38.4. The molecule has 2 fully saturated rings. The average Bonchev–Trinajstić information content (AvgIpc) is 3.63. The van der Waals surface area contributed by atoms with Crippen LogP contribution in [0.4, 0.5) is 32.0 Å². The van der Waals surface area contributed by atoms with Crippen molar-refractivity contribution in [2.45, 2.75) is 70.4 Å². The molecule has 2 amide bonds. The highest BCUT2D eigenvalue weighted by Crippen LogP contribution is 2.43. The molecule has 16 heteroatoms. The van der Waals surface area contributed by atoms with Crippen molar-refractivity contribution in [2.24, 2.45) is 0 Å². The highest BCUT2D eigenvalue weighted by molar-refractivity contribution is 7.10. The number of likely N-dealkylation sites (tertiary alicyclic amines) is 1. The highest BCUT2D eigenvalue weighted by atomic mass is 32.1. The number of thiophene rings is 1. The number of hydrogen-bond acceptors (Lipinski definition) is 8. The van der Waals surface area contributed by atoms with Crippen LogP contribution in [0.25, 0.3) is 0 Å². The van der Waals surface area contributed by atoms with Crippen molar-refractivity contribution < 1.29 is 45.4 Å². The van der Waals surface area contributed by atoms with E-state index in [-0.39, 0.29) is 44.6 Å². The van der Waals surface area contributed by atoms with Crippen molar-refractivity contribution in [3.63, 3.8) is 0 Å². The van der Waals surface area contributed by atoms with Gasteiger partial charge in [-0.3, -0.25) is 14.6 Å². The SMILES string of the molecule is CCC[C@H]1N(C(=O)c2cnccc2C(F)(F)F)CCC[C@@]1(Oc1csc(C(F)(F)F)c1)C(=O)N1CCN(c2ccccc2OCCN(CC)CC)CC1. The number of piperidine rings is 1. The largest absolute Gasteiger partial charge is 0.490 e. The number of pyridine rings is 1. The standard InChI is InChI=1S/C37H45F6N5O4S/c1-4-10-31-35(52-26-23-32(53-25-26)37(41,42)43,14-9-16-48(31)33(49)27-24-44-15-13-28(27)36(38,39)40)34(50)47-19-17-46(18-20-47)29-11-7-8-12-30(29)51-22-21-45(5-2)6-3/h7-8,11-13,15,23-25,31H,4-6,9-10,14,16-22H2,1-3H3/t31-,35+/m1/s1. The number of benzene rings is 1. The summed E-state index contributed by atoms with van der Waals surface area (Å²) in [5, 5.41) is 1.17. The number of aromatic nitrogens is 1. The third kappa shape index (κ3) is 9.02. The third-order valence-corrected chi connectivity index (χ3v) is 10.8. The fourth-order valence-corrected chi connectivity index (χ4v) is 7.86. The van der Waals surface area contributed by atoms with Crippen molar-refractivity contribution in [1.29, 1.82) is 0 Å². The van der Waals surface area contributed by atoms with Gasteiger partial charge in [0.1, 0.15) is 23.0 Å². The number of hydrogen-bond donors (Lipinski definition) is 0. The van der Waals surface area contributed by atoms with Gasteiger partial charge in [0.15, 0.2) is 0 Å². The van der Waals surface area contributed by atoms with Crippen molar-refractivity contribution in [2.75, 3.05) is 63.9 Å². The summed E-state index contributed by atoms with van der Waals surface area (Å²) in [6.07, 6.45) is -6.96. The van der Waals surface area contributed by atoms with Gasteiger partial charge in [0.25, 0.3) is 11.8 Å². The summed E-state index contributed by atoms with van der Waals surface area (Å²) in [5.74, 6) is -1.000. The second kappa shape index (κ2) is 17.0. The molecule has 2 atom stereocenters. The first-order chi connectivity index (χ1) is 25.2. The summed E-state index contributed by atoms with van der Waals surface area (Å²) >= 11 is 0.413. The van der Waals surface area contributed by atoms with E-state index in [0.29, 0.717) is 43.2 Å². The summed E-state index contributed by atoms with van der Waals surface area (Å²) in [4.78, 5) is 38.9. The quantitative estimate of drug-likeness (QED) is 0.167. The molecule has 0 radical (unpaired) electrons. The average molecular weight is 770 g/mol. The lowest BCUT2D eigenvalue weighted by molar-refractivity contribution is -0.159. The lowest BCUT2D eigenvalue weighted by Gasteiger charge is -2.50. The monoisotopic (exact) mass is 769 g/mol. The van der Waals surface area contributed by atoms with E-state index in [9.17, 15) is 35.9 Å². The Morgan fingerprint density at radius 2 is 1.70 bits per heavy atom. The van der Waals surface area contributed by atoms with Crippen LogP contribution in [0.3, 0.4) is 0 Å². The number of rotatable bonds is 13. The van der Waals surface area contributed by atoms with Gasteiger partial charge in [-0.15, -0.1) is 11.3 Å². The Kier molecular flexibility index (Phi) is 12.8. The van der Waals surface area contributed by atoms with Crippen molar-refractivity contribution in [3.05, 3.63) is 70.2 Å². The number of carbonyl (C=O) groups excluding carboxylic acids is 2. The Hall–Kier alpha value is -4.05. The van der Waals surface area contributed by atoms with Crippen LogP contribution in [0.5, 0.6) is 11.5 Å². The lowest BCUT2D eigenvalue weighted by Crippen LogP contribution is -2.69. The molecule has 0 saturated carbocycles. The molecule has 2 aromatic heterocycles. The van der Waals surface area contributed by atoms with Gasteiger partial charge in [-0.2, -0.15) is 26.3 Å². The van der Waals surface area contributed by atoms with Crippen LogP contribution in [-0.2, 0) is 17.1 Å². The fraction of sp³-hybridized carbons (Fsp3) is 0.541. The molecule has 53 heavy (non-hydrogen) atoms. The predicted octanol–water partition coefficient (Wildman–Crippen LogP) is 7.47. The molecular weight excluding hydrogens is 724 g/mol. The van der Waals surface area contributed by atoms with Gasteiger partial charge in [0.05, 0.1) is 22.9 Å². The lowest BCUT2D eigenvalue weighted by atomic mass is 9.79. The van der Waals surface area contributed by atoms with Crippen LogP contribution in [-0.4, -0.2) is 102 Å². The minimum Gasteiger partial charge on any atom is -0.490 e. The Morgan fingerprint density at radius 3 is 2.34 bits per heavy atom. The van der Waals surface area contributed by atoms with Crippen LogP contribution in [0.15, 0.2) is 54.2 Å². The summed E-state index contributed by atoms with van der Waals surface area (Å²) in [5.41, 5.74) is -2.86. The molecule has 0 unspecified atom stereocenters. The Morgan fingerprint density at radius 1 is 0.981 bits per heavy atom. The summed E-state index contributed by atoms with van der Waals surface area (Å²) in [6, 6.07) is 8.08. The van der Waals surface area contributed by atoms with Crippen LogP contribution >= 0.6 is 11.3 Å². The molecule has 0 N–H and O–H groups in total. The fourth-order valence-electron chi connectivity index (χ4n) is 7.19. The van der Waals surface area contributed by atoms with E-state index < -0.39 is 51.8 Å². The summed E-state index contributed by atoms with van der Waals surface area (Å²) < 4.78 is 95.7. The first-order valence-electron chi connectivity index (χ1n) is 17.9. The molecule has 0 aliphatic carbocycles. The topological polar surface area (TPSA) is 78.5 Å². The molecule has 2 aliphatic rings. The second-order valence-corrected chi connectivity index (χ2v) is 14.0. The number of para-hydroxylation sites is 2. The normalized spacial score (nSPS) is 19.8. The van der Waals surface area contributed by atoms with Gasteiger partial charge >= 0.3 is 12.4 Å². The van der Waals surface area contributed by atoms with Gasteiger partial charge in [-0.1, -0.05) is 39.3 Å².